The van der Waals surface area contributed by atoms with Crippen molar-refractivity contribution in [2.45, 2.75) is 71.1 Å². The van der Waals surface area contributed by atoms with Crippen LogP contribution in [0.15, 0.2) is 30.3 Å². The summed E-state index contributed by atoms with van der Waals surface area (Å²) < 4.78 is 10.6. The number of carbonyl (C=O) groups is 3. The minimum atomic E-state index is -1.16. The molecule has 0 unspecified atom stereocenters. The lowest BCUT2D eigenvalue weighted by Gasteiger charge is -2.48. The Labute approximate surface area is 189 Å². The highest BCUT2D eigenvalue weighted by atomic mass is 32.1. The zero-order valence-electron chi connectivity index (χ0n) is 19.1. The van der Waals surface area contributed by atoms with Crippen molar-refractivity contribution in [2.24, 2.45) is 0 Å². The van der Waals surface area contributed by atoms with Gasteiger partial charge in [0.1, 0.15) is 23.3 Å². The highest BCUT2D eigenvalue weighted by Crippen LogP contribution is 2.30. The number of nitrogens with one attached hydrogen (secondary N) is 1. The molecule has 0 spiro atoms. The van der Waals surface area contributed by atoms with Crippen molar-refractivity contribution in [3.05, 3.63) is 35.9 Å². The molecule has 1 N–H and O–H groups in total. The molecule has 1 fully saturated rings. The minimum absolute atomic E-state index is 0.170. The van der Waals surface area contributed by atoms with Crippen molar-refractivity contribution in [1.82, 2.24) is 10.2 Å². The summed E-state index contributed by atoms with van der Waals surface area (Å²) in [5, 5.41) is 2.73. The number of alkyl carbamates (subject to hydrolysis) is 1. The van der Waals surface area contributed by atoms with Crippen LogP contribution < -0.4 is 5.32 Å². The molecule has 1 aliphatic rings. The van der Waals surface area contributed by atoms with Crippen molar-refractivity contribution in [3.8, 4) is 0 Å². The summed E-state index contributed by atoms with van der Waals surface area (Å²) in [7, 11) is 0. The molecule has 1 aromatic rings. The zero-order valence-corrected chi connectivity index (χ0v) is 19.9. The lowest BCUT2D eigenvalue weighted by Crippen LogP contribution is -2.75. The molecule has 0 aliphatic carbocycles. The van der Waals surface area contributed by atoms with Crippen LogP contribution in [0.1, 0.15) is 59.9 Å². The van der Waals surface area contributed by atoms with Gasteiger partial charge in [-0.15, -0.1) is 0 Å². The minimum Gasteiger partial charge on any atom is -0.459 e. The van der Waals surface area contributed by atoms with Crippen LogP contribution in [-0.4, -0.2) is 57.6 Å². The predicted octanol–water partition coefficient (Wildman–Crippen LogP) is 3.63. The third-order valence-corrected chi connectivity index (χ3v) is 4.95. The second-order valence-electron chi connectivity index (χ2n) is 9.75. The number of carbonyl (C=O) groups excluding carboxylic acids is 3. The van der Waals surface area contributed by atoms with Crippen LogP contribution >= 0.6 is 12.2 Å². The Morgan fingerprint density at radius 1 is 1.06 bits per heavy atom. The van der Waals surface area contributed by atoms with Crippen molar-refractivity contribution < 1.29 is 23.9 Å². The molecule has 2 amide bonds. The average molecular weight is 449 g/mol. The molecule has 1 aliphatic heterocycles. The molecule has 170 valence electrons. The van der Waals surface area contributed by atoms with Gasteiger partial charge >= 0.3 is 12.1 Å². The normalized spacial score (nSPS) is 18.8. The van der Waals surface area contributed by atoms with Gasteiger partial charge in [0, 0.05) is 4.86 Å². The summed E-state index contributed by atoms with van der Waals surface area (Å²) in [5.74, 6) is -0.841. The largest absolute Gasteiger partial charge is 0.459 e. The van der Waals surface area contributed by atoms with Gasteiger partial charge in [-0.3, -0.25) is 9.59 Å². The first kappa shape index (κ1) is 24.8. The molecule has 1 saturated heterocycles. The maximum Gasteiger partial charge on any atom is 0.408 e. The van der Waals surface area contributed by atoms with Gasteiger partial charge in [0.2, 0.25) is 0 Å². The molecular formula is C23H32N2O5S. The molecule has 0 radical (unpaired) electrons. The van der Waals surface area contributed by atoms with E-state index in [9.17, 15) is 14.4 Å². The Morgan fingerprint density at radius 3 is 2.16 bits per heavy atom. The molecule has 7 nitrogen and oxygen atoms in total. The standard InChI is InChI=1S/C23H32N2O5S/c1-21(2,3)29-18(26)14-25-15-23(19(25)27,24-20(28)30-22(4,5)6)13-12-17(31)16-10-8-7-9-11-16/h7-11H,12-15H2,1-6H3,(H,24,28)/t23-/m0/s1. The number of thiocarbonyl (C=S) groups is 1. The topological polar surface area (TPSA) is 84.9 Å². The molecule has 8 heteroatoms. The van der Waals surface area contributed by atoms with E-state index >= 15 is 0 Å². The van der Waals surface area contributed by atoms with Gasteiger partial charge in [-0.25, -0.2) is 4.79 Å². The van der Waals surface area contributed by atoms with E-state index in [1.54, 1.807) is 41.5 Å². The Kier molecular flexibility index (Phi) is 7.47. The molecule has 2 rings (SSSR count). The predicted molar refractivity (Wildman–Crippen MR) is 122 cm³/mol. The SMILES string of the molecule is CC(C)(C)OC(=O)CN1C[C@](CCC(=S)c2ccccc2)(NC(=O)OC(C)(C)C)C1=O. The second kappa shape index (κ2) is 9.34. The highest BCUT2D eigenvalue weighted by molar-refractivity contribution is 7.80. The molecule has 1 aromatic carbocycles. The number of amides is 2. The van der Waals surface area contributed by atoms with Crippen LogP contribution in [0.25, 0.3) is 0 Å². The first-order valence-corrected chi connectivity index (χ1v) is 10.7. The summed E-state index contributed by atoms with van der Waals surface area (Å²) in [6.07, 6.45) is 0.0634. The second-order valence-corrected chi connectivity index (χ2v) is 10.2. The number of ether oxygens (including phenoxy) is 2. The van der Waals surface area contributed by atoms with Gasteiger partial charge in [0.15, 0.2) is 0 Å². The first-order chi connectivity index (χ1) is 14.2. The quantitative estimate of drug-likeness (QED) is 0.297. The van der Waals surface area contributed by atoms with Crippen molar-refractivity contribution >= 4 is 35.1 Å². The molecule has 1 atom stereocenters. The highest BCUT2D eigenvalue weighted by Gasteiger charge is 2.54. The van der Waals surface area contributed by atoms with Crippen LogP contribution in [-0.2, 0) is 19.1 Å². The van der Waals surface area contributed by atoms with Crippen molar-refractivity contribution in [3.63, 3.8) is 0 Å². The van der Waals surface area contributed by atoms with Gasteiger partial charge in [0.25, 0.3) is 5.91 Å². The molecular weight excluding hydrogens is 416 g/mol. The number of hydrogen-bond acceptors (Lipinski definition) is 6. The monoisotopic (exact) mass is 448 g/mol. The fourth-order valence-electron chi connectivity index (χ4n) is 3.27. The summed E-state index contributed by atoms with van der Waals surface area (Å²) in [6, 6.07) is 9.52. The summed E-state index contributed by atoms with van der Waals surface area (Å²) in [6.45, 7) is 10.6. The van der Waals surface area contributed by atoms with Crippen LogP contribution in [0.4, 0.5) is 4.79 Å². The summed E-state index contributed by atoms with van der Waals surface area (Å²) in [4.78, 5) is 39.7. The molecule has 1 heterocycles. The van der Waals surface area contributed by atoms with E-state index in [1.807, 2.05) is 30.3 Å². The molecule has 0 aromatic heterocycles. The van der Waals surface area contributed by atoms with Crippen LogP contribution in [0.5, 0.6) is 0 Å². The van der Waals surface area contributed by atoms with E-state index in [1.165, 1.54) is 4.90 Å². The Bertz CT molecular complexity index is 842. The van der Waals surface area contributed by atoms with E-state index in [0.29, 0.717) is 17.7 Å². The Morgan fingerprint density at radius 2 is 1.65 bits per heavy atom. The van der Waals surface area contributed by atoms with E-state index in [0.717, 1.165) is 5.56 Å². The number of nitrogens with zero attached hydrogens (tertiary/aromatic N) is 1. The van der Waals surface area contributed by atoms with Gasteiger partial charge < -0.3 is 19.7 Å². The van der Waals surface area contributed by atoms with Gasteiger partial charge in [-0.1, -0.05) is 42.5 Å². The van der Waals surface area contributed by atoms with E-state index in [-0.39, 0.29) is 19.0 Å². The van der Waals surface area contributed by atoms with Gasteiger partial charge in [0.05, 0.1) is 6.54 Å². The van der Waals surface area contributed by atoms with Crippen LogP contribution in [0.3, 0.4) is 0 Å². The maximum atomic E-state index is 13.0. The van der Waals surface area contributed by atoms with Crippen molar-refractivity contribution in [2.75, 3.05) is 13.1 Å². The number of benzene rings is 1. The van der Waals surface area contributed by atoms with E-state index in [2.05, 4.69) is 5.32 Å². The third kappa shape index (κ3) is 7.31. The first-order valence-electron chi connectivity index (χ1n) is 10.3. The lowest BCUT2D eigenvalue weighted by atomic mass is 9.82. The van der Waals surface area contributed by atoms with E-state index < -0.39 is 28.8 Å². The van der Waals surface area contributed by atoms with Gasteiger partial charge in [-0.05, 0) is 59.9 Å². The van der Waals surface area contributed by atoms with Crippen LogP contribution in [0, 0.1) is 0 Å². The lowest BCUT2D eigenvalue weighted by molar-refractivity contribution is -0.167. The molecule has 31 heavy (non-hydrogen) atoms. The van der Waals surface area contributed by atoms with Crippen LogP contribution in [0.2, 0.25) is 0 Å². The molecule has 0 bridgehead atoms. The molecule has 0 saturated carbocycles. The average Bonchev–Trinajstić information content (AvgIpc) is 2.62. The Hall–Kier alpha value is -2.48. The fraction of sp³-hybridized carbons (Fsp3) is 0.565. The number of esters is 1. The fourth-order valence-corrected chi connectivity index (χ4v) is 3.51. The summed E-state index contributed by atoms with van der Waals surface area (Å²) >= 11 is 5.52. The third-order valence-electron chi connectivity index (χ3n) is 4.51. The van der Waals surface area contributed by atoms with Gasteiger partial charge in [-0.2, -0.15) is 0 Å². The number of β-lactam (4-membered cyclic amide) rings is 1. The smallest absolute Gasteiger partial charge is 0.408 e. The number of rotatable bonds is 7. The number of hydrogen-bond donors (Lipinski definition) is 1. The van der Waals surface area contributed by atoms with E-state index in [4.69, 9.17) is 21.7 Å². The Balaban J connectivity index is 2.09. The zero-order chi connectivity index (χ0) is 23.4. The maximum absolute atomic E-state index is 13.0. The summed E-state index contributed by atoms with van der Waals surface area (Å²) in [5.41, 5.74) is -1.60. The number of likely N-dealkylation sites (tertiary alicyclic amines) is 1. The van der Waals surface area contributed by atoms with Crippen molar-refractivity contribution in [1.29, 1.82) is 0 Å².